The van der Waals surface area contributed by atoms with E-state index in [4.69, 9.17) is 5.73 Å². The number of aromatic amines is 1. The van der Waals surface area contributed by atoms with Crippen molar-refractivity contribution in [2.45, 2.75) is 57.3 Å². The summed E-state index contributed by atoms with van der Waals surface area (Å²) < 4.78 is 56.1. The Hall–Kier alpha value is -1.94. The van der Waals surface area contributed by atoms with Crippen molar-refractivity contribution in [1.82, 2.24) is 14.5 Å². The number of rotatable bonds is 4. The van der Waals surface area contributed by atoms with Gasteiger partial charge in [-0.05, 0) is 43.7 Å². The van der Waals surface area contributed by atoms with Crippen molar-refractivity contribution in [2.75, 3.05) is 19.6 Å². The minimum Gasteiger partial charge on any atom is -0.330 e. The van der Waals surface area contributed by atoms with Crippen molar-refractivity contribution in [3.63, 3.8) is 0 Å². The van der Waals surface area contributed by atoms with E-state index in [-0.39, 0.29) is 36.8 Å². The van der Waals surface area contributed by atoms with Gasteiger partial charge in [-0.1, -0.05) is 6.92 Å². The molecule has 0 spiro atoms. The van der Waals surface area contributed by atoms with Crippen molar-refractivity contribution in [3.8, 4) is 0 Å². The summed E-state index contributed by atoms with van der Waals surface area (Å²) in [6.07, 6.45) is -3.68. The molecule has 166 valence electrons. The third-order valence-corrected chi connectivity index (χ3v) is 6.79. The van der Waals surface area contributed by atoms with E-state index >= 15 is 4.39 Å². The van der Waals surface area contributed by atoms with Crippen molar-refractivity contribution in [2.24, 2.45) is 17.6 Å². The molecule has 4 unspecified atom stereocenters. The molecular weight excluding hydrogens is 404 g/mol. The van der Waals surface area contributed by atoms with Crippen LogP contribution in [-0.4, -0.2) is 46.3 Å². The summed E-state index contributed by atoms with van der Waals surface area (Å²) in [6.45, 7) is 3.64. The number of hydrogen-bond acceptors (Lipinski definition) is 4. The highest BCUT2D eigenvalue weighted by atomic mass is 19.4. The van der Waals surface area contributed by atoms with Gasteiger partial charge in [-0.15, -0.1) is 0 Å². The van der Waals surface area contributed by atoms with Crippen LogP contribution in [0.5, 0.6) is 0 Å². The second-order valence-corrected chi connectivity index (χ2v) is 8.86. The fourth-order valence-electron chi connectivity index (χ4n) is 5.26. The van der Waals surface area contributed by atoms with Crippen LogP contribution in [0.3, 0.4) is 0 Å². The minimum atomic E-state index is -4.32. The van der Waals surface area contributed by atoms with E-state index in [1.165, 1.54) is 6.92 Å². The number of aromatic nitrogens is 2. The SMILES string of the molecule is CC1=C(F)C(N2CC(CN)C(CC(F)(F)F)C2)C(C)c2c1c(=O)[nH]c(=O)n2C1CC1. The van der Waals surface area contributed by atoms with E-state index in [0.29, 0.717) is 5.69 Å². The maximum atomic E-state index is 15.5. The van der Waals surface area contributed by atoms with E-state index in [2.05, 4.69) is 4.98 Å². The first-order chi connectivity index (χ1) is 14.0. The van der Waals surface area contributed by atoms with E-state index in [9.17, 15) is 22.8 Å². The highest BCUT2D eigenvalue weighted by Crippen LogP contribution is 2.45. The fourth-order valence-corrected chi connectivity index (χ4v) is 5.26. The van der Waals surface area contributed by atoms with Gasteiger partial charge in [-0.3, -0.25) is 19.2 Å². The predicted octanol–water partition coefficient (Wildman–Crippen LogP) is 2.52. The van der Waals surface area contributed by atoms with Crippen LogP contribution in [0, 0.1) is 11.8 Å². The molecule has 0 aromatic carbocycles. The van der Waals surface area contributed by atoms with Crippen molar-refractivity contribution >= 4 is 5.57 Å². The number of H-pyrrole nitrogens is 1. The first-order valence-electron chi connectivity index (χ1n) is 10.3. The maximum Gasteiger partial charge on any atom is 0.389 e. The van der Waals surface area contributed by atoms with Gasteiger partial charge in [-0.25, -0.2) is 9.18 Å². The number of halogens is 4. The number of hydrogen-bond donors (Lipinski definition) is 2. The van der Waals surface area contributed by atoms with E-state index in [1.807, 2.05) is 0 Å². The van der Waals surface area contributed by atoms with Crippen LogP contribution in [-0.2, 0) is 0 Å². The Morgan fingerprint density at radius 2 is 1.80 bits per heavy atom. The molecule has 30 heavy (non-hydrogen) atoms. The fraction of sp³-hybridized carbons (Fsp3) is 0.700. The molecule has 1 aromatic heterocycles. The quantitative estimate of drug-likeness (QED) is 0.719. The highest BCUT2D eigenvalue weighted by Gasteiger charge is 2.47. The lowest BCUT2D eigenvalue weighted by atomic mass is 9.83. The van der Waals surface area contributed by atoms with Gasteiger partial charge in [-0.2, -0.15) is 13.2 Å². The average molecular weight is 430 g/mol. The Morgan fingerprint density at radius 3 is 2.37 bits per heavy atom. The van der Waals surface area contributed by atoms with Crippen LogP contribution in [0.4, 0.5) is 17.6 Å². The number of nitrogens with two attached hydrogens (primary N) is 1. The van der Waals surface area contributed by atoms with Crippen LogP contribution in [0.1, 0.15) is 56.3 Å². The molecule has 1 aliphatic heterocycles. The van der Waals surface area contributed by atoms with E-state index in [1.54, 1.807) is 16.4 Å². The molecule has 4 rings (SSSR count). The zero-order valence-electron chi connectivity index (χ0n) is 16.9. The summed E-state index contributed by atoms with van der Waals surface area (Å²) in [4.78, 5) is 29.0. The molecule has 0 bridgehead atoms. The van der Waals surface area contributed by atoms with Crippen molar-refractivity contribution < 1.29 is 17.6 Å². The Morgan fingerprint density at radius 1 is 1.17 bits per heavy atom. The third kappa shape index (κ3) is 3.53. The van der Waals surface area contributed by atoms with Crippen molar-refractivity contribution in [3.05, 3.63) is 37.9 Å². The lowest BCUT2D eigenvalue weighted by Gasteiger charge is -2.38. The number of nitrogens with one attached hydrogen (secondary N) is 1. The number of nitrogens with zero attached hydrogens (tertiary/aromatic N) is 2. The zero-order valence-corrected chi connectivity index (χ0v) is 16.9. The van der Waals surface area contributed by atoms with Gasteiger partial charge in [0.05, 0.1) is 11.6 Å². The summed E-state index contributed by atoms with van der Waals surface area (Å²) in [5.41, 5.74) is 5.39. The van der Waals surface area contributed by atoms with E-state index < -0.39 is 53.5 Å². The second-order valence-electron chi connectivity index (χ2n) is 8.86. The van der Waals surface area contributed by atoms with Gasteiger partial charge in [0.2, 0.25) is 0 Å². The van der Waals surface area contributed by atoms with Gasteiger partial charge in [0.1, 0.15) is 5.83 Å². The molecule has 0 amide bonds. The molecule has 6 nitrogen and oxygen atoms in total. The third-order valence-electron chi connectivity index (χ3n) is 6.79. The monoisotopic (exact) mass is 430 g/mol. The van der Waals surface area contributed by atoms with Crippen LogP contribution >= 0.6 is 0 Å². The number of fused-ring (bicyclic) bond motifs is 1. The number of allylic oxidation sites excluding steroid dienone is 1. The van der Waals surface area contributed by atoms with Gasteiger partial charge in [0, 0.05) is 37.2 Å². The van der Waals surface area contributed by atoms with Gasteiger partial charge in [0.15, 0.2) is 0 Å². The van der Waals surface area contributed by atoms with Crippen molar-refractivity contribution in [1.29, 1.82) is 0 Å². The lowest BCUT2D eigenvalue weighted by molar-refractivity contribution is -0.146. The van der Waals surface area contributed by atoms with Gasteiger partial charge in [0.25, 0.3) is 5.56 Å². The van der Waals surface area contributed by atoms with Gasteiger partial charge >= 0.3 is 11.9 Å². The molecule has 3 aliphatic rings. The Balaban J connectivity index is 1.75. The molecule has 1 aromatic rings. The molecule has 3 N–H and O–H groups in total. The molecule has 1 saturated heterocycles. The van der Waals surface area contributed by atoms with E-state index in [0.717, 1.165) is 12.8 Å². The second kappa shape index (κ2) is 7.33. The summed E-state index contributed by atoms with van der Waals surface area (Å²) in [5.74, 6) is -2.17. The molecule has 2 heterocycles. The lowest BCUT2D eigenvalue weighted by Crippen LogP contribution is -2.45. The summed E-state index contributed by atoms with van der Waals surface area (Å²) in [5, 5.41) is 0. The van der Waals surface area contributed by atoms with Crippen LogP contribution < -0.4 is 17.0 Å². The summed E-state index contributed by atoms with van der Waals surface area (Å²) in [6, 6.07) is -0.857. The standard InChI is InChI=1S/C20H26F4N4O2/c1-9-14-16(28(13-3-4-13)19(30)26-18(14)29)10(2)17(15(9)21)27-7-11(5-20(22,23)24)12(6-25)8-27/h10-13,17H,3-8,25H2,1-2H3,(H,26,29,30). The number of alkyl halides is 3. The maximum absolute atomic E-state index is 15.5. The molecule has 4 atom stereocenters. The number of likely N-dealkylation sites (tertiary alicyclic amines) is 1. The predicted molar refractivity (Wildman–Crippen MR) is 104 cm³/mol. The van der Waals surface area contributed by atoms with Crippen LogP contribution in [0.25, 0.3) is 5.57 Å². The summed E-state index contributed by atoms with van der Waals surface area (Å²) >= 11 is 0. The van der Waals surface area contributed by atoms with Crippen LogP contribution in [0.15, 0.2) is 15.4 Å². The van der Waals surface area contributed by atoms with Gasteiger partial charge < -0.3 is 5.73 Å². The Kier molecular flexibility index (Phi) is 5.21. The average Bonchev–Trinajstić information content (AvgIpc) is 3.39. The normalized spacial score (nSPS) is 30.1. The molecular formula is C20H26F4N4O2. The molecule has 0 radical (unpaired) electrons. The first-order valence-corrected chi connectivity index (χ1v) is 10.3. The topological polar surface area (TPSA) is 84.1 Å². The largest absolute Gasteiger partial charge is 0.389 e. The highest BCUT2D eigenvalue weighted by molar-refractivity contribution is 5.71. The molecule has 2 fully saturated rings. The van der Waals surface area contributed by atoms with Crippen LogP contribution in [0.2, 0.25) is 0 Å². The molecule has 2 aliphatic carbocycles. The first kappa shape index (κ1) is 21.3. The smallest absolute Gasteiger partial charge is 0.330 e. The Labute approximate surface area is 170 Å². The minimum absolute atomic E-state index is 0.0338. The molecule has 10 heteroatoms. The summed E-state index contributed by atoms with van der Waals surface area (Å²) in [7, 11) is 0. The zero-order chi connectivity index (χ0) is 22.0. The molecule has 1 saturated carbocycles. The Bertz CT molecular complexity index is 992.